The molecule has 0 spiro atoms. The Bertz CT molecular complexity index is 89.9. The van der Waals surface area contributed by atoms with E-state index in [0.29, 0.717) is 5.32 Å². The van der Waals surface area contributed by atoms with Gasteiger partial charge in [-0.05, 0) is 0 Å². The van der Waals surface area contributed by atoms with Crippen molar-refractivity contribution < 1.29 is 18.4 Å². The molecule has 0 fully saturated rings. The van der Waals surface area contributed by atoms with Crippen molar-refractivity contribution in [1.82, 2.24) is 5.32 Å². The lowest BCUT2D eigenvalue weighted by molar-refractivity contribution is 0.205. The fourth-order valence-electron chi connectivity index (χ4n) is 0.0773. The zero-order valence-electron chi connectivity index (χ0n) is 3.07. The minimum atomic E-state index is -2.19. The first-order valence-electron chi connectivity index (χ1n) is 1.29. The highest BCUT2D eigenvalue weighted by atomic mass is 19.2. The molecule has 0 aromatic carbocycles. The molecule has 0 aliphatic carbocycles. The van der Waals surface area contributed by atoms with Crippen molar-refractivity contribution in [3.8, 4) is 0 Å². The maximum absolute atomic E-state index is 10.7. The minimum absolute atomic E-state index is 0.694. The van der Waals surface area contributed by atoms with Crippen molar-refractivity contribution in [2.24, 2.45) is 0 Å². The van der Waals surface area contributed by atoms with Gasteiger partial charge in [0.15, 0.2) is 0 Å². The normalized spacial score (nSPS) is 7.71. The van der Waals surface area contributed by atoms with Gasteiger partial charge >= 0.3 is 12.3 Å². The van der Waals surface area contributed by atoms with E-state index in [1.54, 1.807) is 0 Å². The van der Waals surface area contributed by atoms with Gasteiger partial charge < -0.3 is 0 Å². The van der Waals surface area contributed by atoms with E-state index in [4.69, 9.17) is 9.59 Å². The number of carbonyl (C=O) groups excluding carboxylic acids is 2. The molecule has 0 aliphatic rings. The Kier molecular flexibility index (Phi) is 1.90. The molecule has 0 atom stereocenters. The summed E-state index contributed by atoms with van der Waals surface area (Å²) in [6.45, 7) is 0. The highest BCUT2D eigenvalue weighted by molar-refractivity contribution is 5.85. The second-order valence-electron chi connectivity index (χ2n) is 0.672. The fraction of sp³-hybridized carbons (Fsp3) is 0. The summed E-state index contributed by atoms with van der Waals surface area (Å²) >= 11 is 0. The first kappa shape index (κ1) is 6.00. The van der Waals surface area contributed by atoms with E-state index in [1.165, 1.54) is 0 Å². The van der Waals surface area contributed by atoms with E-state index in [1.807, 2.05) is 0 Å². The van der Waals surface area contributed by atoms with E-state index in [9.17, 15) is 8.78 Å². The fourth-order valence-corrected chi connectivity index (χ4v) is 0.0773. The molecule has 5 heteroatoms. The molecular formula is C2HF2NO2. The van der Waals surface area contributed by atoms with Crippen LogP contribution in [0.4, 0.5) is 18.4 Å². The van der Waals surface area contributed by atoms with Crippen LogP contribution in [0.2, 0.25) is 0 Å². The largest absolute Gasteiger partial charge is 0.406 e. The standard InChI is InChI=1S/C2HF2NO2/c3-1(6)5-2(4)7/h(H,5,6,7). The summed E-state index contributed by atoms with van der Waals surface area (Å²) in [4.78, 5) is 18.0. The minimum Gasteiger partial charge on any atom is -0.239 e. The SMILES string of the molecule is O=C(F)NC(=O)F. The van der Waals surface area contributed by atoms with E-state index in [0.717, 1.165) is 0 Å². The molecule has 0 saturated carbocycles. The Morgan fingerprint density at radius 3 is 1.43 bits per heavy atom. The third-order valence-electron chi connectivity index (χ3n) is 0.197. The molecule has 40 valence electrons. The molecule has 0 aromatic rings. The van der Waals surface area contributed by atoms with Crippen LogP contribution in [0.5, 0.6) is 0 Å². The number of rotatable bonds is 0. The van der Waals surface area contributed by atoms with Gasteiger partial charge in [-0.2, -0.15) is 0 Å². The average molecular weight is 109 g/mol. The quantitative estimate of drug-likeness (QED) is 0.368. The third-order valence-corrected chi connectivity index (χ3v) is 0.197. The Hall–Kier alpha value is -1.00. The summed E-state index contributed by atoms with van der Waals surface area (Å²) in [6.07, 6.45) is -4.37. The highest BCUT2D eigenvalue weighted by Crippen LogP contribution is 1.72. The van der Waals surface area contributed by atoms with Crippen LogP contribution in [0.3, 0.4) is 0 Å². The molecule has 0 rings (SSSR count). The first-order chi connectivity index (χ1) is 3.13. The van der Waals surface area contributed by atoms with Crippen molar-refractivity contribution in [3.63, 3.8) is 0 Å². The number of hydrogen-bond donors (Lipinski definition) is 1. The van der Waals surface area contributed by atoms with Gasteiger partial charge in [0.25, 0.3) is 0 Å². The van der Waals surface area contributed by atoms with Crippen LogP contribution in [0.1, 0.15) is 0 Å². The zero-order valence-corrected chi connectivity index (χ0v) is 3.07. The Morgan fingerprint density at radius 2 is 1.43 bits per heavy atom. The van der Waals surface area contributed by atoms with Crippen LogP contribution >= 0.6 is 0 Å². The molecule has 2 amide bonds. The van der Waals surface area contributed by atoms with Crippen LogP contribution in [0.15, 0.2) is 0 Å². The van der Waals surface area contributed by atoms with Crippen LogP contribution in [-0.2, 0) is 0 Å². The highest BCUT2D eigenvalue weighted by Gasteiger charge is 2.00. The van der Waals surface area contributed by atoms with Gasteiger partial charge in [-0.15, -0.1) is 8.78 Å². The first-order valence-corrected chi connectivity index (χ1v) is 1.29. The number of halogens is 2. The van der Waals surface area contributed by atoms with Gasteiger partial charge in [0.2, 0.25) is 0 Å². The molecule has 0 aliphatic heterocycles. The molecule has 0 unspecified atom stereocenters. The van der Waals surface area contributed by atoms with Crippen LogP contribution in [0.25, 0.3) is 0 Å². The molecule has 1 N–H and O–H groups in total. The second kappa shape index (κ2) is 2.22. The van der Waals surface area contributed by atoms with E-state index in [2.05, 4.69) is 0 Å². The van der Waals surface area contributed by atoms with Gasteiger partial charge in [-0.3, -0.25) is 0 Å². The summed E-state index contributed by atoms with van der Waals surface area (Å²) in [5.41, 5.74) is 0. The van der Waals surface area contributed by atoms with Crippen molar-refractivity contribution in [1.29, 1.82) is 0 Å². The second-order valence-corrected chi connectivity index (χ2v) is 0.672. The maximum atomic E-state index is 10.7. The predicted molar refractivity (Wildman–Crippen MR) is 16.1 cm³/mol. The topological polar surface area (TPSA) is 46.2 Å². The number of amides is 2. The Morgan fingerprint density at radius 1 is 1.14 bits per heavy atom. The zero-order chi connectivity index (χ0) is 5.86. The monoisotopic (exact) mass is 109 g/mol. The van der Waals surface area contributed by atoms with Crippen LogP contribution in [-0.4, -0.2) is 12.3 Å². The molecule has 0 heterocycles. The lowest BCUT2D eigenvalue weighted by atomic mass is 11.1. The Balaban J connectivity index is 3.32. The van der Waals surface area contributed by atoms with Crippen LogP contribution < -0.4 is 5.32 Å². The van der Waals surface area contributed by atoms with Crippen molar-refractivity contribution in [2.75, 3.05) is 0 Å². The number of carbonyl (C=O) groups is 2. The molecule has 0 radical (unpaired) electrons. The van der Waals surface area contributed by atoms with Gasteiger partial charge in [-0.25, -0.2) is 14.9 Å². The molecule has 3 nitrogen and oxygen atoms in total. The van der Waals surface area contributed by atoms with Crippen molar-refractivity contribution >= 4 is 12.3 Å². The lowest BCUT2D eigenvalue weighted by Crippen LogP contribution is -2.19. The van der Waals surface area contributed by atoms with Crippen molar-refractivity contribution in [3.05, 3.63) is 0 Å². The predicted octanol–water partition coefficient (Wildman–Crippen LogP) is 0.755. The number of nitrogens with one attached hydrogen (secondary N) is 1. The lowest BCUT2D eigenvalue weighted by Gasteiger charge is -1.80. The van der Waals surface area contributed by atoms with E-state index < -0.39 is 12.3 Å². The Labute approximate surface area is 37.3 Å². The molecular weight excluding hydrogens is 108 g/mol. The van der Waals surface area contributed by atoms with Gasteiger partial charge in [0.05, 0.1) is 0 Å². The van der Waals surface area contributed by atoms with Crippen LogP contribution in [0, 0.1) is 0 Å². The van der Waals surface area contributed by atoms with E-state index >= 15 is 0 Å². The average Bonchev–Trinajstić information content (AvgIpc) is 1.27. The summed E-state index contributed by atoms with van der Waals surface area (Å²) in [6, 6.07) is 0. The van der Waals surface area contributed by atoms with Gasteiger partial charge in [0, 0.05) is 0 Å². The number of hydrogen-bond acceptors (Lipinski definition) is 2. The summed E-state index contributed by atoms with van der Waals surface area (Å²) in [7, 11) is 0. The molecule has 0 bridgehead atoms. The maximum Gasteiger partial charge on any atom is 0.406 e. The molecule has 0 saturated heterocycles. The summed E-state index contributed by atoms with van der Waals surface area (Å²) in [5.74, 6) is 0. The smallest absolute Gasteiger partial charge is 0.239 e. The number of imide groups is 1. The van der Waals surface area contributed by atoms with Crippen molar-refractivity contribution in [2.45, 2.75) is 0 Å². The summed E-state index contributed by atoms with van der Waals surface area (Å²) in [5, 5.41) is 0.694. The third kappa shape index (κ3) is 5.00. The molecule has 7 heavy (non-hydrogen) atoms. The van der Waals surface area contributed by atoms with Gasteiger partial charge in [-0.1, -0.05) is 0 Å². The molecule has 0 aromatic heterocycles. The van der Waals surface area contributed by atoms with Gasteiger partial charge in [0.1, 0.15) is 0 Å². The van der Waals surface area contributed by atoms with E-state index in [-0.39, 0.29) is 0 Å². The summed E-state index contributed by atoms with van der Waals surface area (Å²) < 4.78 is 21.5.